The number of hydrogen-bond donors (Lipinski definition) is 2. The Balaban J connectivity index is 2.23. The van der Waals surface area contributed by atoms with Crippen LogP contribution in [0.1, 0.15) is 12.8 Å². The Labute approximate surface area is 49.0 Å². The molecule has 0 amide bonds. The van der Waals surface area contributed by atoms with Crippen molar-refractivity contribution in [2.75, 3.05) is 13.1 Å². The minimum atomic E-state index is 0.163. The quantitative estimate of drug-likeness (QED) is 0.378. The zero-order valence-electron chi connectivity index (χ0n) is 4.89. The summed E-state index contributed by atoms with van der Waals surface area (Å²) in [6.45, 7) is 1.37. The first kappa shape index (κ1) is 6.01. The smallest absolute Gasteiger partial charge is 0.0922 e. The van der Waals surface area contributed by atoms with Gasteiger partial charge in [0.2, 0.25) is 0 Å². The molecule has 1 aliphatic heterocycles. The number of nitrogens with one attached hydrogen (secondary N) is 1. The molecule has 3 nitrogen and oxygen atoms in total. The minimum Gasteiger partial charge on any atom is -0.634 e. The Morgan fingerprint density at radius 2 is 2.38 bits per heavy atom. The standard InChI is InChI=1S/C5H12N2O/c6-5-2-1-3-7(8)4-5/h5,7H,1-4,6H2. The van der Waals surface area contributed by atoms with Crippen molar-refractivity contribution in [2.24, 2.45) is 5.73 Å². The van der Waals surface area contributed by atoms with Crippen LogP contribution in [0.5, 0.6) is 0 Å². The molecule has 48 valence electrons. The third kappa shape index (κ3) is 1.43. The largest absolute Gasteiger partial charge is 0.634 e. The van der Waals surface area contributed by atoms with E-state index in [9.17, 15) is 5.21 Å². The first-order valence-corrected chi connectivity index (χ1v) is 3.06. The maximum Gasteiger partial charge on any atom is 0.0922 e. The molecule has 0 aromatic rings. The second-order valence-corrected chi connectivity index (χ2v) is 2.40. The molecule has 0 radical (unpaired) electrons. The Kier molecular flexibility index (Phi) is 1.83. The number of quaternary nitrogens is 1. The zero-order chi connectivity index (χ0) is 5.98. The first-order valence-electron chi connectivity index (χ1n) is 3.06. The Morgan fingerprint density at radius 1 is 1.62 bits per heavy atom. The van der Waals surface area contributed by atoms with Crippen LogP contribution in [-0.4, -0.2) is 19.1 Å². The SMILES string of the molecule is NC1CCC[NH+]([O-])C1. The van der Waals surface area contributed by atoms with Crippen molar-refractivity contribution in [1.82, 2.24) is 0 Å². The monoisotopic (exact) mass is 116 g/mol. The lowest BCUT2D eigenvalue weighted by Crippen LogP contribution is -3.09. The average Bonchev–Trinajstić information content (AvgIpc) is 1.64. The summed E-state index contributed by atoms with van der Waals surface area (Å²) in [6.07, 6.45) is 2.03. The van der Waals surface area contributed by atoms with Gasteiger partial charge in [0.25, 0.3) is 0 Å². The first-order chi connectivity index (χ1) is 3.79. The summed E-state index contributed by atoms with van der Waals surface area (Å²) in [5.74, 6) is 0. The molecule has 0 aromatic carbocycles. The van der Waals surface area contributed by atoms with Gasteiger partial charge < -0.3 is 16.0 Å². The highest BCUT2D eigenvalue weighted by molar-refractivity contribution is 4.62. The van der Waals surface area contributed by atoms with E-state index in [1.54, 1.807) is 0 Å². The van der Waals surface area contributed by atoms with Crippen LogP contribution in [0.2, 0.25) is 0 Å². The summed E-state index contributed by atoms with van der Waals surface area (Å²) in [7, 11) is 0. The summed E-state index contributed by atoms with van der Waals surface area (Å²) in [5, 5.41) is 10.9. The lowest BCUT2D eigenvalue weighted by Gasteiger charge is -2.29. The third-order valence-corrected chi connectivity index (χ3v) is 1.52. The lowest BCUT2D eigenvalue weighted by molar-refractivity contribution is -0.854. The van der Waals surface area contributed by atoms with Crippen molar-refractivity contribution in [2.45, 2.75) is 18.9 Å². The van der Waals surface area contributed by atoms with Gasteiger partial charge in [-0.15, -0.1) is 0 Å². The molecule has 0 spiro atoms. The zero-order valence-corrected chi connectivity index (χ0v) is 4.89. The molecule has 1 rings (SSSR count). The van der Waals surface area contributed by atoms with Gasteiger partial charge in [0.15, 0.2) is 0 Å². The van der Waals surface area contributed by atoms with E-state index in [1.165, 1.54) is 0 Å². The fourth-order valence-corrected chi connectivity index (χ4v) is 1.06. The molecule has 3 N–H and O–H groups in total. The van der Waals surface area contributed by atoms with Crippen molar-refractivity contribution in [3.05, 3.63) is 5.21 Å². The molecule has 1 aliphatic rings. The van der Waals surface area contributed by atoms with Gasteiger partial charge in [-0.25, -0.2) is 0 Å². The molecule has 3 heteroatoms. The molecule has 1 heterocycles. The molecule has 2 unspecified atom stereocenters. The van der Waals surface area contributed by atoms with Gasteiger partial charge in [-0.2, -0.15) is 0 Å². The van der Waals surface area contributed by atoms with Gasteiger partial charge in [-0.05, 0) is 12.8 Å². The van der Waals surface area contributed by atoms with Gasteiger partial charge in [0.05, 0.1) is 19.1 Å². The van der Waals surface area contributed by atoms with E-state index in [1.807, 2.05) is 0 Å². The van der Waals surface area contributed by atoms with E-state index < -0.39 is 0 Å². The maximum absolute atomic E-state index is 10.6. The minimum absolute atomic E-state index is 0.163. The van der Waals surface area contributed by atoms with Crippen LogP contribution in [0.15, 0.2) is 0 Å². The summed E-state index contributed by atoms with van der Waals surface area (Å²) < 4.78 is 0. The van der Waals surface area contributed by atoms with E-state index in [0.29, 0.717) is 11.6 Å². The molecular weight excluding hydrogens is 104 g/mol. The molecule has 1 fully saturated rings. The molecule has 0 bridgehead atoms. The predicted molar refractivity (Wildman–Crippen MR) is 31.3 cm³/mol. The van der Waals surface area contributed by atoms with Crippen LogP contribution in [0, 0.1) is 5.21 Å². The molecule has 8 heavy (non-hydrogen) atoms. The number of piperidine rings is 1. The number of hydroxylamine groups is 2. The molecule has 1 saturated heterocycles. The van der Waals surface area contributed by atoms with E-state index in [4.69, 9.17) is 5.73 Å². The average molecular weight is 116 g/mol. The van der Waals surface area contributed by atoms with Crippen molar-refractivity contribution >= 4 is 0 Å². The van der Waals surface area contributed by atoms with Crippen molar-refractivity contribution in [3.63, 3.8) is 0 Å². The lowest BCUT2D eigenvalue weighted by atomic mass is 10.1. The number of rotatable bonds is 0. The fraction of sp³-hybridized carbons (Fsp3) is 1.00. The van der Waals surface area contributed by atoms with Crippen molar-refractivity contribution in [3.8, 4) is 0 Å². The van der Waals surface area contributed by atoms with Crippen LogP contribution >= 0.6 is 0 Å². The normalized spacial score (nSPS) is 39.8. The Hall–Kier alpha value is -0.120. The number of hydrogen-bond acceptors (Lipinski definition) is 2. The van der Waals surface area contributed by atoms with Crippen LogP contribution in [0.3, 0.4) is 0 Å². The molecule has 2 atom stereocenters. The van der Waals surface area contributed by atoms with Crippen LogP contribution in [0.25, 0.3) is 0 Å². The van der Waals surface area contributed by atoms with E-state index in [-0.39, 0.29) is 6.04 Å². The van der Waals surface area contributed by atoms with Crippen LogP contribution in [-0.2, 0) is 0 Å². The highest BCUT2D eigenvalue weighted by Gasteiger charge is 2.12. The molecule has 0 aliphatic carbocycles. The highest BCUT2D eigenvalue weighted by atomic mass is 16.5. The molecule has 0 saturated carbocycles. The Morgan fingerprint density at radius 3 is 2.75 bits per heavy atom. The van der Waals surface area contributed by atoms with Gasteiger partial charge in [0, 0.05) is 0 Å². The van der Waals surface area contributed by atoms with E-state index >= 15 is 0 Å². The fourth-order valence-electron chi connectivity index (χ4n) is 1.06. The second-order valence-electron chi connectivity index (χ2n) is 2.40. The third-order valence-electron chi connectivity index (χ3n) is 1.52. The summed E-state index contributed by atoms with van der Waals surface area (Å²) in [5.41, 5.74) is 5.50. The van der Waals surface area contributed by atoms with Gasteiger partial charge in [-0.1, -0.05) is 0 Å². The summed E-state index contributed by atoms with van der Waals surface area (Å²) in [4.78, 5) is 0. The highest BCUT2D eigenvalue weighted by Crippen LogP contribution is 1.92. The maximum atomic E-state index is 10.6. The number of nitrogens with two attached hydrogens (primary N) is 1. The Bertz CT molecular complexity index is 68.8. The predicted octanol–water partition coefficient (Wildman–Crippen LogP) is -1.51. The molecule has 0 aromatic heterocycles. The second kappa shape index (κ2) is 2.44. The van der Waals surface area contributed by atoms with Gasteiger partial charge >= 0.3 is 0 Å². The van der Waals surface area contributed by atoms with E-state index in [0.717, 1.165) is 19.4 Å². The topological polar surface area (TPSA) is 53.5 Å². The van der Waals surface area contributed by atoms with Gasteiger partial charge in [-0.3, -0.25) is 0 Å². The molecular formula is C5H12N2O. The van der Waals surface area contributed by atoms with Crippen molar-refractivity contribution < 1.29 is 5.06 Å². The van der Waals surface area contributed by atoms with Gasteiger partial charge in [0.1, 0.15) is 0 Å². The van der Waals surface area contributed by atoms with Crippen LogP contribution in [0.4, 0.5) is 0 Å². The van der Waals surface area contributed by atoms with Crippen LogP contribution < -0.4 is 10.8 Å². The van der Waals surface area contributed by atoms with E-state index in [2.05, 4.69) is 0 Å². The summed E-state index contributed by atoms with van der Waals surface area (Å²) in [6, 6.07) is 0.163. The summed E-state index contributed by atoms with van der Waals surface area (Å²) >= 11 is 0. The van der Waals surface area contributed by atoms with Crippen molar-refractivity contribution in [1.29, 1.82) is 0 Å².